The van der Waals surface area contributed by atoms with Crippen LogP contribution < -0.4 is 10.1 Å². The van der Waals surface area contributed by atoms with Crippen molar-refractivity contribution < 1.29 is 9.53 Å². The molecule has 0 bridgehead atoms. The van der Waals surface area contributed by atoms with Crippen LogP contribution in [0.25, 0.3) is 11.0 Å². The minimum Gasteiger partial charge on any atom is -0.493 e. The Hall–Kier alpha value is -3.60. The zero-order valence-corrected chi connectivity index (χ0v) is 19.5. The quantitative estimate of drug-likeness (QED) is 0.324. The number of benzene rings is 3. The minimum atomic E-state index is -0.213. The van der Waals surface area contributed by atoms with E-state index in [1.54, 1.807) is 0 Å². The van der Waals surface area contributed by atoms with E-state index in [-0.39, 0.29) is 11.9 Å². The van der Waals surface area contributed by atoms with E-state index in [9.17, 15) is 4.79 Å². The van der Waals surface area contributed by atoms with E-state index >= 15 is 0 Å². The molecule has 3 aromatic carbocycles. The van der Waals surface area contributed by atoms with Gasteiger partial charge in [0.25, 0.3) is 5.91 Å². The van der Waals surface area contributed by atoms with Gasteiger partial charge >= 0.3 is 0 Å². The molecular weight excluding hydrogens is 410 g/mol. The van der Waals surface area contributed by atoms with Gasteiger partial charge < -0.3 is 14.6 Å². The summed E-state index contributed by atoms with van der Waals surface area (Å²) in [6, 6.07) is 23.6. The number of aryl methyl sites for hydroxylation is 3. The van der Waals surface area contributed by atoms with Crippen LogP contribution in [0.4, 0.5) is 0 Å². The molecule has 0 aliphatic rings. The standard InChI is InChI=1S/C28H31N3O2/c1-20-14-16-23(17-15-20)28(32)29-22(3)27-30-24-11-5-6-12-25(24)31(27)18-8-9-19-33-26-13-7-4-10-21(26)2/h4-7,10-17,22H,8-9,18-19H2,1-3H3,(H,29,32). The lowest BCUT2D eigenvalue weighted by Crippen LogP contribution is -2.28. The molecule has 1 aromatic heterocycles. The van der Waals surface area contributed by atoms with E-state index in [2.05, 4.69) is 28.9 Å². The average Bonchev–Trinajstić information content (AvgIpc) is 3.19. The second-order valence-electron chi connectivity index (χ2n) is 8.49. The van der Waals surface area contributed by atoms with Crippen LogP contribution in [-0.4, -0.2) is 22.1 Å². The molecule has 170 valence electrons. The zero-order valence-electron chi connectivity index (χ0n) is 19.5. The Morgan fingerprint density at radius 1 is 0.970 bits per heavy atom. The van der Waals surface area contributed by atoms with Gasteiger partial charge in [0, 0.05) is 12.1 Å². The molecule has 0 radical (unpaired) electrons. The summed E-state index contributed by atoms with van der Waals surface area (Å²) in [5.41, 5.74) is 4.97. The number of para-hydroxylation sites is 3. The molecule has 4 aromatic rings. The third-order valence-corrected chi connectivity index (χ3v) is 5.86. The van der Waals surface area contributed by atoms with Crippen LogP contribution in [0.5, 0.6) is 5.75 Å². The van der Waals surface area contributed by atoms with Crippen molar-refractivity contribution in [2.45, 2.75) is 46.2 Å². The summed E-state index contributed by atoms with van der Waals surface area (Å²) in [5.74, 6) is 1.72. The Labute approximate surface area is 195 Å². The number of aromatic nitrogens is 2. The number of rotatable bonds is 9. The van der Waals surface area contributed by atoms with Gasteiger partial charge in [-0.1, -0.05) is 48.0 Å². The van der Waals surface area contributed by atoms with Crippen molar-refractivity contribution in [1.82, 2.24) is 14.9 Å². The van der Waals surface area contributed by atoms with Crippen LogP contribution in [0.3, 0.4) is 0 Å². The van der Waals surface area contributed by atoms with Gasteiger partial charge in [0.05, 0.1) is 23.7 Å². The van der Waals surface area contributed by atoms with Crippen LogP contribution in [0, 0.1) is 13.8 Å². The van der Waals surface area contributed by atoms with Crippen LogP contribution >= 0.6 is 0 Å². The van der Waals surface area contributed by atoms with E-state index < -0.39 is 0 Å². The smallest absolute Gasteiger partial charge is 0.251 e. The number of nitrogens with one attached hydrogen (secondary N) is 1. The van der Waals surface area contributed by atoms with E-state index in [1.807, 2.05) is 74.5 Å². The predicted molar refractivity (Wildman–Crippen MR) is 133 cm³/mol. The van der Waals surface area contributed by atoms with Crippen LogP contribution in [-0.2, 0) is 6.54 Å². The first kappa shape index (κ1) is 22.6. The van der Waals surface area contributed by atoms with Gasteiger partial charge in [0.15, 0.2) is 0 Å². The highest BCUT2D eigenvalue weighted by atomic mass is 16.5. The predicted octanol–water partition coefficient (Wildman–Crippen LogP) is 6.00. The first-order valence-electron chi connectivity index (χ1n) is 11.5. The summed E-state index contributed by atoms with van der Waals surface area (Å²) in [7, 11) is 0. The topological polar surface area (TPSA) is 56.2 Å². The number of unbranched alkanes of at least 4 members (excludes halogenated alkanes) is 1. The molecule has 1 heterocycles. The van der Waals surface area contributed by atoms with E-state index in [0.717, 1.165) is 53.1 Å². The molecule has 33 heavy (non-hydrogen) atoms. The number of carbonyl (C=O) groups excluding carboxylic acids is 1. The monoisotopic (exact) mass is 441 g/mol. The molecule has 0 fully saturated rings. The molecule has 0 saturated heterocycles. The van der Waals surface area contributed by atoms with E-state index in [0.29, 0.717) is 12.2 Å². The number of carbonyl (C=O) groups is 1. The number of fused-ring (bicyclic) bond motifs is 1. The van der Waals surface area contributed by atoms with Crippen LogP contribution in [0.1, 0.15) is 53.1 Å². The van der Waals surface area contributed by atoms with Crippen molar-refractivity contribution in [2.24, 2.45) is 0 Å². The van der Waals surface area contributed by atoms with Crippen molar-refractivity contribution in [3.8, 4) is 5.75 Å². The molecular formula is C28H31N3O2. The van der Waals surface area contributed by atoms with Crippen LogP contribution in [0.15, 0.2) is 72.8 Å². The minimum absolute atomic E-state index is 0.0901. The van der Waals surface area contributed by atoms with E-state index in [4.69, 9.17) is 9.72 Å². The molecule has 1 unspecified atom stereocenters. The fourth-order valence-corrected chi connectivity index (χ4v) is 3.98. The lowest BCUT2D eigenvalue weighted by molar-refractivity contribution is 0.0937. The molecule has 0 aliphatic carbocycles. The second kappa shape index (κ2) is 10.3. The van der Waals surface area contributed by atoms with Gasteiger partial charge in [-0.15, -0.1) is 0 Å². The number of hydrogen-bond acceptors (Lipinski definition) is 3. The molecule has 1 atom stereocenters. The molecule has 0 saturated carbocycles. The number of hydrogen-bond donors (Lipinski definition) is 1. The molecule has 0 aliphatic heterocycles. The third-order valence-electron chi connectivity index (χ3n) is 5.86. The molecule has 5 heteroatoms. The SMILES string of the molecule is Cc1ccc(C(=O)NC(C)c2nc3ccccc3n2CCCCOc2ccccc2C)cc1. The molecule has 4 rings (SSSR count). The van der Waals surface area contributed by atoms with Gasteiger partial charge in [0.1, 0.15) is 11.6 Å². The fourth-order valence-electron chi connectivity index (χ4n) is 3.98. The van der Waals surface area contributed by atoms with Gasteiger partial charge in [-0.05, 0) is 69.5 Å². The highest BCUT2D eigenvalue weighted by Gasteiger charge is 2.19. The van der Waals surface area contributed by atoms with E-state index in [1.165, 1.54) is 0 Å². The summed E-state index contributed by atoms with van der Waals surface area (Å²) in [6.45, 7) is 7.56. The summed E-state index contributed by atoms with van der Waals surface area (Å²) in [5, 5.41) is 3.12. The second-order valence-corrected chi connectivity index (χ2v) is 8.49. The van der Waals surface area contributed by atoms with Crippen molar-refractivity contribution in [3.05, 3.63) is 95.3 Å². The summed E-state index contributed by atoms with van der Waals surface area (Å²) < 4.78 is 8.17. The lowest BCUT2D eigenvalue weighted by Gasteiger charge is -2.17. The summed E-state index contributed by atoms with van der Waals surface area (Å²) in [4.78, 5) is 17.6. The Bertz CT molecular complexity index is 1230. The van der Waals surface area contributed by atoms with Gasteiger partial charge in [-0.3, -0.25) is 4.79 Å². The van der Waals surface area contributed by atoms with Crippen LogP contribution in [0.2, 0.25) is 0 Å². The first-order chi connectivity index (χ1) is 16.0. The van der Waals surface area contributed by atoms with Crippen molar-refractivity contribution >= 4 is 16.9 Å². The van der Waals surface area contributed by atoms with Crippen molar-refractivity contribution in [3.63, 3.8) is 0 Å². The lowest BCUT2D eigenvalue weighted by atomic mass is 10.1. The Morgan fingerprint density at radius 2 is 1.70 bits per heavy atom. The first-order valence-corrected chi connectivity index (χ1v) is 11.5. The number of ether oxygens (including phenoxy) is 1. The Balaban J connectivity index is 1.43. The maximum Gasteiger partial charge on any atom is 0.251 e. The largest absolute Gasteiger partial charge is 0.493 e. The zero-order chi connectivity index (χ0) is 23.2. The fraction of sp³-hybridized carbons (Fsp3) is 0.286. The molecule has 5 nitrogen and oxygen atoms in total. The molecule has 1 N–H and O–H groups in total. The maximum absolute atomic E-state index is 12.8. The van der Waals surface area contributed by atoms with Crippen molar-refractivity contribution in [1.29, 1.82) is 0 Å². The summed E-state index contributed by atoms with van der Waals surface area (Å²) >= 11 is 0. The highest BCUT2D eigenvalue weighted by molar-refractivity contribution is 5.94. The number of nitrogens with zero attached hydrogens (tertiary/aromatic N) is 2. The third kappa shape index (κ3) is 5.43. The molecule has 1 amide bonds. The Morgan fingerprint density at radius 3 is 2.48 bits per heavy atom. The van der Waals surface area contributed by atoms with Gasteiger partial charge in [0.2, 0.25) is 0 Å². The van der Waals surface area contributed by atoms with Gasteiger partial charge in [-0.2, -0.15) is 0 Å². The van der Waals surface area contributed by atoms with Gasteiger partial charge in [-0.25, -0.2) is 4.98 Å². The van der Waals surface area contributed by atoms with Crippen molar-refractivity contribution in [2.75, 3.05) is 6.61 Å². The average molecular weight is 442 g/mol. The maximum atomic E-state index is 12.8. The normalized spacial score (nSPS) is 12.0. The highest BCUT2D eigenvalue weighted by Crippen LogP contribution is 2.22. The molecule has 0 spiro atoms. The summed E-state index contributed by atoms with van der Waals surface area (Å²) in [6.07, 6.45) is 1.89. The Kier molecular flexibility index (Phi) is 7.08. The number of imidazole rings is 1. The number of amides is 1.